The predicted molar refractivity (Wildman–Crippen MR) is 69.8 cm³/mol. The second-order valence-corrected chi connectivity index (χ2v) is 4.95. The molecule has 0 bridgehead atoms. The van der Waals surface area contributed by atoms with Gasteiger partial charge in [0.05, 0.1) is 0 Å². The first-order valence-electron chi connectivity index (χ1n) is 6.64. The monoisotopic (exact) mass is 217 g/mol. The first kappa shape index (κ1) is 11.7. The Morgan fingerprint density at radius 3 is 3.00 bits per heavy atom. The van der Waals surface area contributed by atoms with Crippen molar-refractivity contribution < 1.29 is 0 Å². The standard InChI is InChI=1S/C15H23N/c1-3-4-5-10-16-15-9-8-13-7-6-12(2)11-14(13)15/h6-7,11,15-16H,3-5,8-10H2,1-2H3. The maximum Gasteiger partial charge on any atom is 0.0326 e. The van der Waals surface area contributed by atoms with E-state index in [0.717, 1.165) is 0 Å². The molecule has 0 amide bonds. The van der Waals surface area contributed by atoms with Gasteiger partial charge in [0.25, 0.3) is 0 Å². The van der Waals surface area contributed by atoms with Crippen LogP contribution in [-0.2, 0) is 6.42 Å². The van der Waals surface area contributed by atoms with E-state index in [9.17, 15) is 0 Å². The minimum absolute atomic E-state index is 0.617. The molecule has 0 heterocycles. The first-order valence-corrected chi connectivity index (χ1v) is 6.64. The zero-order valence-corrected chi connectivity index (χ0v) is 10.6. The van der Waals surface area contributed by atoms with Crippen molar-refractivity contribution in [3.8, 4) is 0 Å². The first-order chi connectivity index (χ1) is 7.81. The second kappa shape index (κ2) is 5.49. The summed E-state index contributed by atoms with van der Waals surface area (Å²) in [5.74, 6) is 0. The van der Waals surface area contributed by atoms with Crippen molar-refractivity contribution in [3.05, 3.63) is 34.9 Å². The summed E-state index contributed by atoms with van der Waals surface area (Å²) in [7, 11) is 0. The van der Waals surface area contributed by atoms with E-state index in [1.165, 1.54) is 44.2 Å². The summed E-state index contributed by atoms with van der Waals surface area (Å²) in [6.45, 7) is 5.62. The summed E-state index contributed by atoms with van der Waals surface area (Å²) in [4.78, 5) is 0. The van der Waals surface area contributed by atoms with Crippen LogP contribution in [0, 0.1) is 6.92 Å². The molecule has 1 atom stereocenters. The van der Waals surface area contributed by atoms with Gasteiger partial charge in [0, 0.05) is 6.04 Å². The van der Waals surface area contributed by atoms with Gasteiger partial charge in [0.2, 0.25) is 0 Å². The lowest BCUT2D eigenvalue weighted by Crippen LogP contribution is -2.20. The van der Waals surface area contributed by atoms with Gasteiger partial charge >= 0.3 is 0 Å². The average Bonchev–Trinajstić information content (AvgIpc) is 2.67. The van der Waals surface area contributed by atoms with Crippen molar-refractivity contribution >= 4 is 0 Å². The van der Waals surface area contributed by atoms with Crippen molar-refractivity contribution in [1.82, 2.24) is 5.32 Å². The summed E-state index contributed by atoms with van der Waals surface area (Å²) in [6, 6.07) is 7.52. The number of aryl methyl sites for hydroxylation is 2. The largest absolute Gasteiger partial charge is 0.310 e. The van der Waals surface area contributed by atoms with E-state index in [4.69, 9.17) is 0 Å². The molecule has 2 rings (SSSR count). The molecule has 1 aromatic rings. The Labute approximate surface area is 99.3 Å². The van der Waals surface area contributed by atoms with E-state index < -0.39 is 0 Å². The lowest BCUT2D eigenvalue weighted by atomic mass is 10.0. The van der Waals surface area contributed by atoms with Crippen LogP contribution in [0.15, 0.2) is 18.2 Å². The van der Waals surface area contributed by atoms with Crippen LogP contribution in [0.4, 0.5) is 0 Å². The van der Waals surface area contributed by atoms with E-state index in [1.54, 1.807) is 11.1 Å². The average molecular weight is 217 g/mol. The third kappa shape index (κ3) is 2.65. The molecule has 0 aliphatic heterocycles. The van der Waals surface area contributed by atoms with E-state index in [0.29, 0.717) is 6.04 Å². The van der Waals surface area contributed by atoms with Crippen molar-refractivity contribution in [2.24, 2.45) is 0 Å². The number of nitrogens with one attached hydrogen (secondary N) is 1. The molecule has 1 aliphatic rings. The molecule has 16 heavy (non-hydrogen) atoms. The third-order valence-electron chi connectivity index (χ3n) is 3.55. The maximum absolute atomic E-state index is 3.70. The molecule has 1 heteroatoms. The lowest BCUT2D eigenvalue weighted by molar-refractivity contribution is 0.511. The Morgan fingerprint density at radius 2 is 2.19 bits per heavy atom. The summed E-state index contributed by atoms with van der Waals surface area (Å²) in [5.41, 5.74) is 4.50. The number of unbranched alkanes of at least 4 members (excludes halogenated alkanes) is 2. The predicted octanol–water partition coefficient (Wildman–Crippen LogP) is 3.76. The highest BCUT2D eigenvalue weighted by Gasteiger charge is 2.21. The fourth-order valence-corrected chi connectivity index (χ4v) is 2.59. The second-order valence-electron chi connectivity index (χ2n) is 4.95. The molecule has 0 saturated carbocycles. The fourth-order valence-electron chi connectivity index (χ4n) is 2.59. The summed E-state index contributed by atoms with van der Waals surface area (Å²) in [5, 5.41) is 3.70. The van der Waals surface area contributed by atoms with Crippen LogP contribution in [0.25, 0.3) is 0 Å². The van der Waals surface area contributed by atoms with Gasteiger partial charge < -0.3 is 5.32 Å². The van der Waals surface area contributed by atoms with Crippen molar-refractivity contribution in [2.45, 2.75) is 52.0 Å². The molecule has 1 unspecified atom stereocenters. The molecule has 1 aromatic carbocycles. The van der Waals surface area contributed by atoms with Crippen LogP contribution >= 0.6 is 0 Å². The van der Waals surface area contributed by atoms with E-state index in [2.05, 4.69) is 37.4 Å². The van der Waals surface area contributed by atoms with E-state index in [1.807, 2.05) is 0 Å². The topological polar surface area (TPSA) is 12.0 Å². The van der Waals surface area contributed by atoms with Gasteiger partial charge in [-0.05, 0) is 43.9 Å². The molecule has 0 radical (unpaired) electrons. The van der Waals surface area contributed by atoms with Gasteiger partial charge in [0.1, 0.15) is 0 Å². The SMILES string of the molecule is CCCCCNC1CCc2ccc(C)cc21. The fraction of sp³-hybridized carbons (Fsp3) is 0.600. The quantitative estimate of drug-likeness (QED) is 0.740. The number of hydrogen-bond acceptors (Lipinski definition) is 1. The molecular formula is C15H23N. The molecule has 0 fully saturated rings. The lowest BCUT2D eigenvalue weighted by Gasteiger charge is -2.14. The van der Waals surface area contributed by atoms with E-state index >= 15 is 0 Å². The normalized spacial score (nSPS) is 18.8. The van der Waals surface area contributed by atoms with Gasteiger partial charge in [-0.2, -0.15) is 0 Å². The van der Waals surface area contributed by atoms with Gasteiger partial charge in [-0.25, -0.2) is 0 Å². The van der Waals surface area contributed by atoms with E-state index in [-0.39, 0.29) is 0 Å². The highest BCUT2D eigenvalue weighted by molar-refractivity contribution is 5.37. The highest BCUT2D eigenvalue weighted by Crippen LogP contribution is 2.31. The summed E-state index contributed by atoms with van der Waals surface area (Å²) < 4.78 is 0. The van der Waals surface area contributed by atoms with Crippen LogP contribution in [0.5, 0.6) is 0 Å². The van der Waals surface area contributed by atoms with Gasteiger partial charge in [0.15, 0.2) is 0 Å². The molecule has 0 spiro atoms. The number of fused-ring (bicyclic) bond motifs is 1. The highest BCUT2D eigenvalue weighted by atomic mass is 14.9. The molecule has 0 saturated heterocycles. The van der Waals surface area contributed by atoms with Gasteiger partial charge in [-0.1, -0.05) is 43.5 Å². The smallest absolute Gasteiger partial charge is 0.0326 e. The molecule has 1 N–H and O–H groups in total. The Morgan fingerprint density at radius 1 is 1.31 bits per heavy atom. The Kier molecular flexibility index (Phi) is 4.00. The Hall–Kier alpha value is -0.820. The van der Waals surface area contributed by atoms with Crippen molar-refractivity contribution in [2.75, 3.05) is 6.54 Å². The van der Waals surface area contributed by atoms with Crippen molar-refractivity contribution in [3.63, 3.8) is 0 Å². The molecule has 1 aliphatic carbocycles. The third-order valence-corrected chi connectivity index (χ3v) is 3.55. The molecule has 88 valence electrons. The minimum atomic E-state index is 0.617. The number of rotatable bonds is 5. The molecule has 1 nitrogen and oxygen atoms in total. The Balaban J connectivity index is 1.92. The van der Waals surface area contributed by atoms with Crippen LogP contribution in [0.2, 0.25) is 0 Å². The summed E-state index contributed by atoms with van der Waals surface area (Å²) >= 11 is 0. The number of hydrogen-bond donors (Lipinski definition) is 1. The van der Waals surface area contributed by atoms with Crippen LogP contribution < -0.4 is 5.32 Å². The molecule has 0 aromatic heterocycles. The van der Waals surface area contributed by atoms with Gasteiger partial charge in [-0.3, -0.25) is 0 Å². The van der Waals surface area contributed by atoms with Gasteiger partial charge in [-0.15, -0.1) is 0 Å². The maximum atomic E-state index is 3.70. The summed E-state index contributed by atoms with van der Waals surface area (Å²) in [6.07, 6.45) is 6.50. The Bertz CT molecular complexity index is 343. The van der Waals surface area contributed by atoms with Crippen LogP contribution in [0.3, 0.4) is 0 Å². The van der Waals surface area contributed by atoms with Crippen LogP contribution in [-0.4, -0.2) is 6.54 Å². The molecular weight excluding hydrogens is 194 g/mol. The van der Waals surface area contributed by atoms with Crippen LogP contribution in [0.1, 0.15) is 55.3 Å². The number of benzene rings is 1. The zero-order valence-electron chi connectivity index (χ0n) is 10.6. The minimum Gasteiger partial charge on any atom is -0.310 e. The van der Waals surface area contributed by atoms with Crippen molar-refractivity contribution in [1.29, 1.82) is 0 Å². The zero-order chi connectivity index (χ0) is 11.4.